The normalized spacial score (nSPS) is 17.9. The summed E-state index contributed by atoms with van der Waals surface area (Å²) in [5.74, 6) is -1.03. The van der Waals surface area contributed by atoms with Crippen molar-refractivity contribution >= 4 is 34.3 Å². The van der Waals surface area contributed by atoms with Gasteiger partial charge < -0.3 is 24.5 Å². The highest BCUT2D eigenvalue weighted by molar-refractivity contribution is 6.42. The molecule has 1 aromatic heterocycles. The molecule has 8 heteroatoms. The Hall–Kier alpha value is -2.87. The summed E-state index contributed by atoms with van der Waals surface area (Å²) in [7, 11) is 0. The van der Waals surface area contributed by atoms with Gasteiger partial charge >= 0.3 is 0 Å². The van der Waals surface area contributed by atoms with E-state index in [2.05, 4.69) is 10.2 Å². The van der Waals surface area contributed by atoms with Crippen LogP contribution in [0.1, 0.15) is 53.5 Å². The zero-order valence-electron chi connectivity index (χ0n) is 19.6. The van der Waals surface area contributed by atoms with E-state index in [0.717, 1.165) is 49.7 Å². The first kappa shape index (κ1) is 23.9. The number of halogens is 1. The zero-order valence-corrected chi connectivity index (χ0v) is 20.4. The number of Topliss-reactive ketones (excluding diaryl/α,β-unsaturated/α-hetero) is 1. The predicted molar refractivity (Wildman–Crippen MR) is 133 cm³/mol. The number of amides is 1. The number of fused-ring (bicyclic) bond motifs is 1. The molecule has 2 heterocycles. The van der Waals surface area contributed by atoms with E-state index >= 15 is 0 Å². The van der Waals surface area contributed by atoms with E-state index in [1.54, 1.807) is 30.3 Å². The van der Waals surface area contributed by atoms with E-state index < -0.39 is 23.8 Å². The van der Waals surface area contributed by atoms with Crippen LogP contribution in [0.2, 0.25) is 5.02 Å². The third-order valence-electron chi connectivity index (χ3n) is 6.57. The van der Waals surface area contributed by atoms with Gasteiger partial charge in [0, 0.05) is 11.9 Å². The number of carbonyl (C=O) groups excluding carboxylic acids is 2. The lowest BCUT2D eigenvalue weighted by Crippen LogP contribution is -2.48. The molecule has 2 aliphatic rings. The van der Waals surface area contributed by atoms with Gasteiger partial charge in [-0.15, -0.1) is 0 Å². The highest BCUT2D eigenvalue weighted by Gasteiger charge is 2.31. The number of ether oxygens (including phenoxy) is 1. The van der Waals surface area contributed by atoms with Gasteiger partial charge in [0.15, 0.2) is 5.76 Å². The number of aryl methyl sites for hydroxylation is 1. The van der Waals surface area contributed by atoms with Crippen LogP contribution < -0.4 is 10.1 Å². The molecule has 1 saturated heterocycles. The molecule has 0 radical (unpaired) electrons. The minimum absolute atomic E-state index is 0.0258. The monoisotopic (exact) mass is 496 g/mol. The molecular weight excluding hydrogens is 468 g/mol. The van der Waals surface area contributed by atoms with Crippen molar-refractivity contribution in [3.05, 3.63) is 64.4 Å². The molecule has 3 aromatic rings. The van der Waals surface area contributed by atoms with Gasteiger partial charge in [-0.1, -0.05) is 29.3 Å². The van der Waals surface area contributed by atoms with Crippen molar-refractivity contribution in [3.8, 4) is 5.75 Å². The zero-order chi connectivity index (χ0) is 24.5. The van der Waals surface area contributed by atoms with Crippen LogP contribution in [-0.2, 0) is 4.79 Å². The molecule has 7 nitrogen and oxygen atoms in total. The predicted octanol–water partition coefficient (Wildman–Crippen LogP) is 4.43. The van der Waals surface area contributed by atoms with Gasteiger partial charge in [-0.25, -0.2) is 0 Å². The average Bonchev–Trinajstić information content (AvgIpc) is 3.32. The van der Waals surface area contributed by atoms with Crippen LogP contribution in [0.15, 0.2) is 46.9 Å². The van der Waals surface area contributed by atoms with Crippen LogP contribution in [0, 0.1) is 6.92 Å². The number of hydrogen-bond acceptors (Lipinski definition) is 6. The van der Waals surface area contributed by atoms with Gasteiger partial charge in [0.05, 0.1) is 17.2 Å². The van der Waals surface area contributed by atoms with Crippen molar-refractivity contribution in [2.75, 3.05) is 19.6 Å². The lowest BCUT2D eigenvalue weighted by molar-refractivity contribution is -0.118. The van der Waals surface area contributed by atoms with Gasteiger partial charge in [-0.05, 0) is 81.6 Å². The molecule has 0 unspecified atom stereocenters. The fraction of sp³-hybridized carbons (Fsp3) is 0.407. The number of nitrogens with zero attached hydrogens (tertiary/aromatic N) is 1. The highest BCUT2D eigenvalue weighted by Crippen LogP contribution is 2.34. The average molecular weight is 497 g/mol. The van der Waals surface area contributed by atoms with Crippen molar-refractivity contribution in [3.63, 3.8) is 0 Å². The second kappa shape index (κ2) is 10.0. The number of furan rings is 1. The third-order valence-corrected chi connectivity index (χ3v) is 6.86. The number of hydrogen-bond donors (Lipinski definition) is 2. The molecule has 1 aliphatic heterocycles. The molecule has 2 atom stereocenters. The number of aliphatic hydroxyl groups excluding tert-OH is 1. The maximum Gasteiger partial charge on any atom is 0.296 e. The van der Waals surface area contributed by atoms with Gasteiger partial charge in [-0.2, -0.15) is 0 Å². The van der Waals surface area contributed by atoms with E-state index in [9.17, 15) is 14.7 Å². The lowest BCUT2D eigenvalue weighted by atomic mass is 10.0. The summed E-state index contributed by atoms with van der Waals surface area (Å²) in [5.41, 5.74) is 2.13. The van der Waals surface area contributed by atoms with Crippen LogP contribution in [-0.4, -0.2) is 53.5 Å². The number of rotatable bonds is 9. The first-order valence-corrected chi connectivity index (χ1v) is 12.5. The number of benzene rings is 2. The van der Waals surface area contributed by atoms with Crippen molar-refractivity contribution in [1.29, 1.82) is 0 Å². The molecule has 2 fully saturated rings. The van der Waals surface area contributed by atoms with E-state index in [1.807, 2.05) is 19.1 Å². The smallest absolute Gasteiger partial charge is 0.296 e. The van der Waals surface area contributed by atoms with Crippen molar-refractivity contribution in [2.45, 2.75) is 50.9 Å². The highest BCUT2D eigenvalue weighted by atomic mass is 35.5. The summed E-state index contributed by atoms with van der Waals surface area (Å²) >= 11 is 6.41. The molecule has 0 bridgehead atoms. The standard InChI is InChI=1S/C27H29ClN2O5/c1-16-4-8-22-18(12-16)14-24(35-22)26(32)27(33)29-21(15-30-10-2-3-11-30)25(31)17-5-9-23(20(28)13-17)34-19-6-7-19/h4-5,8-9,12-14,19,21,25,31H,2-3,6-7,10-11,15H2,1H3,(H,29,33)/t21-,25-/m1/s1. The summed E-state index contributed by atoms with van der Waals surface area (Å²) in [6, 6.07) is 11.6. The SMILES string of the molecule is Cc1ccc2oc(C(=O)C(=O)N[C@H](CN3CCCC3)[C@H](O)c3ccc(OC4CC4)c(Cl)c3)cc2c1. The van der Waals surface area contributed by atoms with Crippen LogP contribution >= 0.6 is 11.6 Å². The Morgan fingerprint density at radius 2 is 1.94 bits per heavy atom. The minimum atomic E-state index is -1.06. The second-order valence-electron chi connectivity index (χ2n) is 9.52. The van der Waals surface area contributed by atoms with Crippen LogP contribution in [0.25, 0.3) is 11.0 Å². The summed E-state index contributed by atoms with van der Waals surface area (Å²) < 4.78 is 11.4. The van der Waals surface area contributed by atoms with Gasteiger partial charge in [0.2, 0.25) is 0 Å². The number of aliphatic hydroxyl groups is 1. The van der Waals surface area contributed by atoms with E-state index in [1.165, 1.54) is 0 Å². The fourth-order valence-electron chi connectivity index (χ4n) is 4.48. The molecule has 1 amide bonds. The first-order valence-electron chi connectivity index (χ1n) is 12.1. The van der Waals surface area contributed by atoms with Crippen molar-refractivity contribution in [1.82, 2.24) is 10.2 Å². The Morgan fingerprint density at radius 3 is 2.66 bits per heavy atom. The van der Waals surface area contributed by atoms with Gasteiger partial charge in [0.1, 0.15) is 17.4 Å². The number of likely N-dealkylation sites (tertiary alicyclic amines) is 1. The Kier molecular flexibility index (Phi) is 6.82. The van der Waals surface area contributed by atoms with Crippen molar-refractivity contribution < 1.29 is 23.8 Å². The van der Waals surface area contributed by atoms with Crippen molar-refractivity contribution in [2.24, 2.45) is 0 Å². The van der Waals surface area contributed by atoms with Crippen LogP contribution in [0.4, 0.5) is 0 Å². The fourth-order valence-corrected chi connectivity index (χ4v) is 4.72. The molecule has 5 rings (SSSR count). The van der Waals surface area contributed by atoms with E-state index in [4.69, 9.17) is 20.8 Å². The first-order chi connectivity index (χ1) is 16.9. The maximum absolute atomic E-state index is 13.0. The van der Waals surface area contributed by atoms with E-state index in [0.29, 0.717) is 28.5 Å². The summed E-state index contributed by atoms with van der Waals surface area (Å²) in [6.07, 6.45) is 3.31. The minimum Gasteiger partial charge on any atom is -0.489 e. The summed E-state index contributed by atoms with van der Waals surface area (Å²) in [6.45, 7) is 4.12. The van der Waals surface area contributed by atoms with Crippen LogP contribution in [0.5, 0.6) is 5.75 Å². The molecule has 184 valence electrons. The van der Waals surface area contributed by atoms with Gasteiger partial charge in [-0.3, -0.25) is 9.59 Å². The van der Waals surface area contributed by atoms with Gasteiger partial charge in [0.25, 0.3) is 11.7 Å². The topological polar surface area (TPSA) is 92.0 Å². The second-order valence-corrected chi connectivity index (χ2v) is 9.93. The summed E-state index contributed by atoms with van der Waals surface area (Å²) in [4.78, 5) is 28.0. The van der Waals surface area contributed by atoms with E-state index in [-0.39, 0.29) is 11.9 Å². The molecule has 2 N–H and O–H groups in total. The molecule has 2 aromatic carbocycles. The molecule has 1 aliphatic carbocycles. The Morgan fingerprint density at radius 1 is 1.17 bits per heavy atom. The Bertz CT molecular complexity index is 1250. The molecular formula is C27H29ClN2O5. The Labute approximate surface area is 209 Å². The maximum atomic E-state index is 13.0. The third kappa shape index (κ3) is 5.53. The number of ketones is 1. The lowest BCUT2D eigenvalue weighted by Gasteiger charge is -2.28. The Balaban J connectivity index is 1.34. The molecule has 1 saturated carbocycles. The molecule has 0 spiro atoms. The number of nitrogens with one attached hydrogen (secondary N) is 1. The number of carbonyl (C=O) groups is 2. The van der Waals surface area contributed by atoms with Crippen LogP contribution in [0.3, 0.4) is 0 Å². The quantitative estimate of drug-likeness (QED) is 0.336. The summed E-state index contributed by atoms with van der Waals surface area (Å²) in [5, 5.41) is 15.2. The molecule has 35 heavy (non-hydrogen) atoms. The largest absolute Gasteiger partial charge is 0.489 e.